The minimum Gasteiger partial charge on any atom is -0.432 e. The lowest BCUT2D eigenvalue weighted by Crippen LogP contribution is -2.20. The van der Waals surface area contributed by atoms with Crippen LogP contribution in [-0.2, 0) is 4.65 Å². The van der Waals surface area contributed by atoms with Crippen LogP contribution in [-0.4, -0.2) is 18.7 Å². The van der Waals surface area contributed by atoms with Gasteiger partial charge >= 0.3 is 7.48 Å². The van der Waals surface area contributed by atoms with Gasteiger partial charge in [-0.1, -0.05) is 11.5 Å². The molecule has 0 aliphatic carbocycles. The topological polar surface area (TPSA) is 38.2 Å². The molecule has 0 fully saturated rings. The third-order valence-corrected chi connectivity index (χ3v) is 1.75. The second-order valence-corrected chi connectivity index (χ2v) is 3.26. The van der Waals surface area contributed by atoms with Crippen LogP contribution in [0.2, 0.25) is 0 Å². The van der Waals surface area contributed by atoms with E-state index < -0.39 is 0 Å². The van der Waals surface area contributed by atoms with Crippen molar-refractivity contribution in [2.45, 2.75) is 20.0 Å². The Kier molecular flexibility index (Phi) is 2.14. The fourth-order valence-corrected chi connectivity index (χ4v) is 1.07. The van der Waals surface area contributed by atoms with Crippen molar-refractivity contribution in [1.29, 1.82) is 0 Å². The van der Waals surface area contributed by atoms with Crippen LogP contribution in [0.1, 0.15) is 13.8 Å². The Bertz CT molecular complexity index is 391. The molecule has 0 aliphatic heterocycles. The Labute approximate surface area is 77.3 Å². The van der Waals surface area contributed by atoms with Gasteiger partial charge in [0.15, 0.2) is 5.58 Å². The maximum absolute atomic E-state index is 5.35. The van der Waals surface area contributed by atoms with E-state index in [0.29, 0.717) is 0 Å². The van der Waals surface area contributed by atoms with Crippen molar-refractivity contribution in [3.8, 4) is 0 Å². The largest absolute Gasteiger partial charge is 0.432 e. The second kappa shape index (κ2) is 3.30. The molecule has 3 nitrogen and oxygen atoms in total. The lowest BCUT2D eigenvalue weighted by molar-refractivity contribution is 0.260. The van der Waals surface area contributed by atoms with Gasteiger partial charge in [0.25, 0.3) is 0 Å². The van der Waals surface area contributed by atoms with E-state index in [9.17, 15) is 0 Å². The van der Waals surface area contributed by atoms with Crippen LogP contribution >= 0.6 is 0 Å². The number of benzene rings is 1. The normalized spacial score (nSPS) is 11.3. The average molecular weight is 176 g/mol. The summed E-state index contributed by atoms with van der Waals surface area (Å²) in [5.74, 6) is 0. The van der Waals surface area contributed by atoms with Gasteiger partial charge in [-0.15, -0.1) is 0 Å². The van der Waals surface area contributed by atoms with Gasteiger partial charge in [0.2, 0.25) is 0 Å². The van der Waals surface area contributed by atoms with Gasteiger partial charge in [0, 0.05) is 6.10 Å². The van der Waals surface area contributed by atoms with Crippen LogP contribution in [0.3, 0.4) is 0 Å². The van der Waals surface area contributed by atoms with Crippen molar-refractivity contribution < 1.29 is 9.18 Å². The molecule has 0 amide bonds. The Morgan fingerprint density at radius 1 is 1.46 bits per heavy atom. The standard InChI is InChI=1S/C9H11BNO2/c1-6(2)12-10-7-3-4-9-8(5-7)11-13-9/h3-6,11H,1-2H3. The number of nitrogens with one attached hydrogen (secondary N) is 1. The Morgan fingerprint density at radius 2 is 2.31 bits per heavy atom. The lowest BCUT2D eigenvalue weighted by Gasteiger charge is -2.07. The van der Waals surface area contributed by atoms with Crippen molar-refractivity contribution in [2.75, 3.05) is 0 Å². The molecule has 0 aliphatic rings. The Morgan fingerprint density at radius 3 is 2.85 bits per heavy atom. The van der Waals surface area contributed by atoms with Crippen LogP contribution in [0.25, 0.3) is 11.1 Å². The highest BCUT2D eigenvalue weighted by Gasteiger charge is 2.04. The Hall–Kier alpha value is -1.16. The highest BCUT2D eigenvalue weighted by Crippen LogP contribution is 2.10. The van der Waals surface area contributed by atoms with Gasteiger partial charge in [-0.25, -0.2) is 5.16 Å². The fraction of sp³-hybridized carbons (Fsp3) is 0.333. The number of fused-ring (bicyclic) bond motifs is 1. The van der Waals surface area contributed by atoms with E-state index in [0.717, 1.165) is 16.6 Å². The number of aromatic amines is 1. The molecule has 1 radical (unpaired) electrons. The quantitative estimate of drug-likeness (QED) is 0.718. The van der Waals surface area contributed by atoms with Crippen LogP contribution in [0.5, 0.6) is 0 Å². The molecule has 0 saturated heterocycles. The summed E-state index contributed by atoms with van der Waals surface area (Å²) >= 11 is 0. The molecule has 0 atom stereocenters. The SMILES string of the molecule is CC(C)O[B]c1ccc2o[nH]c2c1. The fourth-order valence-electron chi connectivity index (χ4n) is 1.07. The van der Waals surface area contributed by atoms with Gasteiger partial charge in [-0.2, -0.15) is 0 Å². The molecule has 4 heteroatoms. The molecule has 0 bridgehead atoms. The molecule has 0 unspecified atom stereocenters. The summed E-state index contributed by atoms with van der Waals surface area (Å²) in [6.45, 7) is 4.00. The first kappa shape index (κ1) is 8.44. The van der Waals surface area contributed by atoms with Crippen LogP contribution in [0, 0.1) is 0 Å². The van der Waals surface area contributed by atoms with E-state index in [-0.39, 0.29) is 6.10 Å². The summed E-state index contributed by atoms with van der Waals surface area (Å²) in [6, 6.07) is 5.87. The molecule has 13 heavy (non-hydrogen) atoms. The number of hydrogen-bond acceptors (Lipinski definition) is 2. The zero-order valence-electron chi connectivity index (χ0n) is 7.70. The summed E-state index contributed by atoms with van der Waals surface area (Å²) in [5, 5.41) is 2.74. The summed E-state index contributed by atoms with van der Waals surface area (Å²) < 4.78 is 10.3. The summed E-state index contributed by atoms with van der Waals surface area (Å²) in [7, 11) is 1.75. The maximum atomic E-state index is 5.35. The summed E-state index contributed by atoms with van der Waals surface area (Å²) in [6.07, 6.45) is 0.218. The monoisotopic (exact) mass is 176 g/mol. The van der Waals surface area contributed by atoms with E-state index in [4.69, 9.17) is 9.18 Å². The third kappa shape index (κ3) is 1.78. The zero-order valence-corrected chi connectivity index (χ0v) is 7.70. The van der Waals surface area contributed by atoms with Crippen LogP contribution < -0.4 is 5.46 Å². The smallest absolute Gasteiger partial charge is 0.330 e. The van der Waals surface area contributed by atoms with E-state index in [1.807, 2.05) is 32.0 Å². The molecule has 1 N–H and O–H groups in total. The van der Waals surface area contributed by atoms with E-state index in [2.05, 4.69) is 5.16 Å². The number of aromatic nitrogens is 1. The van der Waals surface area contributed by atoms with Crippen molar-refractivity contribution in [2.24, 2.45) is 0 Å². The van der Waals surface area contributed by atoms with E-state index >= 15 is 0 Å². The number of hydrogen-bond donors (Lipinski definition) is 1. The molecular formula is C9H11BNO2. The van der Waals surface area contributed by atoms with Crippen molar-refractivity contribution in [3.05, 3.63) is 18.2 Å². The first-order valence-electron chi connectivity index (χ1n) is 4.31. The van der Waals surface area contributed by atoms with Crippen molar-refractivity contribution >= 4 is 24.0 Å². The van der Waals surface area contributed by atoms with Gasteiger partial charge in [-0.05, 0) is 26.0 Å². The number of rotatable bonds is 3. The molecule has 67 valence electrons. The lowest BCUT2D eigenvalue weighted by atomic mass is 9.87. The molecule has 1 aromatic carbocycles. The summed E-state index contributed by atoms with van der Waals surface area (Å²) in [4.78, 5) is 0. The summed E-state index contributed by atoms with van der Waals surface area (Å²) in [5.41, 5.74) is 2.95. The Balaban J connectivity index is 2.08. The first-order chi connectivity index (χ1) is 6.25. The van der Waals surface area contributed by atoms with Gasteiger partial charge < -0.3 is 9.18 Å². The van der Waals surface area contributed by atoms with Crippen LogP contribution in [0.4, 0.5) is 0 Å². The third-order valence-electron chi connectivity index (χ3n) is 1.75. The highest BCUT2D eigenvalue weighted by atomic mass is 16.5. The first-order valence-corrected chi connectivity index (χ1v) is 4.31. The van der Waals surface area contributed by atoms with Crippen molar-refractivity contribution in [3.63, 3.8) is 0 Å². The van der Waals surface area contributed by atoms with Crippen molar-refractivity contribution in [1.82, 2.24) is 5.16 Å². The second-order valence-electron chi connectivity index (χ2n) is 3.26. The minimum absolute atomic E-state index is 0.218. The molecule has 1 aromatic heterocycles. The van der Waals surface area contributed by atoms with Crippen LogP contribution in [0.15, 0.2) is 22.7 Å². The van der Waals surface area contributed by atoms with E-state index in [1.165, 1.54) is 0 Å². The molecule has 2 aromatic rings. The predicted molar refractivity (Wildman–Crippen MR) is 52.2 cm³/mol. The zero-order chi connectivity index (χ0) is 9.26. The predicted octanol–water partition coefficient (Wildman–Crippen LogP) is 1.43. The molecule has 2 rings (SSSR count). The maximum Gasteiger partial charge on any atom is 0.330 e. The molecule has 0 spiro atoms. The van der Waals surface area contributed by atoms with Gasteiger partial charge in [-0.3, -0.25) is 0 Å². The van der Waals surface area contributed by atoms with E-state index in [1.54, 1.807) is 7.48 Å². The van der Waals surface area contributed by atoms with Gasteiger partial charge in [0.1, 0.15) is 5.52 Å². The minimum atomic E-state index is 0.218. The average Bonchev–Trinajstić information content (AvgIpc) is 2.05. The molecule has 1 heterocycles. The molecular weight excluding hydrogens is 165 g/mol. The van der Waals surface area contributed by atoms with Gasteiger partial charge in [0.05, 0.1) is 0 Å². The molecule has 0 saturated carbocycles. The highest BCUT2D eigenvalue weighted by molar-refractivity contribution is 6.47. The number of H-pyrrole nitrogens is 1.